The van der Waals surface area contributed by atoms with Crippen molar-refractivity contribution in [3.05, 3.63) is 48.5 Å². The van der Waals surface area contributed by atoms with Gasteiger partial charge in [-0.1, -0.05) is 18.2 Å². The molecule has 18 heavy (non-hydrogen) atoms. The minimum absolute atomic E-state index is 0.151. The normalized spacial score (nSPS) is 11.8. The fraction of sp³-hybridized carbons (Fsp3) is 0.167. The summed E-state index contributed by atoms with van der Waals surface area (Å²) in [7, 11) is 0. The average Bonchev–Trinajstić information content (AvgIpc) is 2.91. The van der Waals surface area contributed by atoms with Gasteiger partial charge in [-0.3, -0.25) is 0 Å². The monoisotopic (exact) mass is 262 g/mol. The molecule has 0 aliphatic carbocycles. The largest absolute Gasteiger partial charge is 0.348 e. The van der Waals surface area contributed by atoms with Crippen LogP contribution >= 0.6 is 12.6 Å². The van der Waals surface area contributed by atoms with Gasteiger partial charge in [0, 0.05) is 24.6 Å². The van der Waals surface area contributed by atoms with Gasteiger partial charge in [0.1, 0.15) is 5.82 Å². The number of thiol groups is 1. The topological polar surface area (TPSA) is 69.8 Å². The summed E-state index contributed by atoms with van der Waals surface area (Å²) in [5.41, 5.74) is 0.753. The smallest absolute Gasteiger partial charge is 0.319 e. The number of rotatable bonds is 4. The first-order valence-electron chi connectivity index (χ1n) is 5.53. The predicted octanol–water partition coefficient (Wildman–Crippen LogP) is 2.20. The van der Waals surface area contributed by atoms with Crippen LogP contribution < -0.4 is 10.6 Å². The summed E-state index contributed by atoms with van der Waals surface area (Å²) >= 11 is 4.35. The number of imidazole rings is 1. The molecule has 2 aromatic rings. The van der Waals surface area contributed by atoms with E-state index in [0.29, 0.717) is 6.54 Å². The second kappa shape index (κ2) is 6.11. The Balaban J connectivity index is 1.79. The van der Waals surface area contributed by atoms with Crippen molar-refractivity contribution in [3.63, 3.8) is 0 Å². The minimum atomic E-state index is -0.258. The number of anilines is 1. The first-order chi connectivity index (χ1) is 8.75. The van der Waals surface area contributed by atoms with Crippen LogP contribution in [0.3, 0.4) is 0 Å². The van der Waals surface area contributed by atoms with E-state index in [1.54, 1.807) is 12.4 Å². The van der Waals surface area contributed by atoms with E-state index in [2.05, 4.69) is 33.2 Å². The molecular formula is C12H14N4OS. The van der Waals surface area contributed by atoms with Crippen LogP contribution in [-0.2, 0) is 0 Å². The van der Waals surface area contributed by atoms with Crippen LogP contribution in [0.2, 0.25) is 0 Å². The third-order valence-corrected chi connectivity index (χ3v) is 2.75. The second-order valence-electron chi connectivity index (χ2n) is 3.69. The number of hydrogen-bond acceptors (Lipinski definition) is 3. The van der Waals surface area contributed by atoms with Crippen molar-refractivity contribution in [1.82, 2.24) is 15.3 Å². The number of carbonyl (C=O) groups excluding carboxylic acids is 1. The molecule has 0 bridgehead atoms. The van der Waals surface area contributed by atoms with Gasteiger partial charge in [0.05, 0.1) is 5.25 Å². The molecule has 2 rings (SSSR count). The molecule has 0 fully saturated rings. The molecule has 1 heterocycles. The van der Waals surface area contributed by atoms with E-state index in [-0.39, 0.29) is 11.3 Å². The van der Waals surface area contributed by atoms with Gasteiger partial charge in [0.2, 0.25) is 0 Å². The lowest BCUT2D eigenvalue weighted by Gasteiger charge is -2.10. The van der Waals surface area contributed by atoms with E-state index < -0.39 is 0 Å². The van der Waals surface area contributed by atoms with E-state index >= 15 is 0 Å². The van der Waals surface area contributed by atoms with E-state index in [0.717, 1.165) is 11.5 Å². The maximum absolute atomic E-state index is 11.6. The summed E-state index contributed by atoms with van der Waals surface area (Å²) in [5, 5.41) is 5.31. The number of para-hydroxylation sites is 1. The van der Waals surface area contributed by atoms with Crippen molar-refractivity contribution >= 4 is 24.3 Å². The summed E-state index contributed by atoms with van der Waals surface area (Å²) in [4.78, 5) is 18.6. The van der Waals surface area contributed by atoms with Gasteiger partial charge in [0.15, 0.2) is 0 Å². The van der Waals surface area contributed by atoms with Gasteiger partial charge in [-0.05, 0) is 12.1 Å². The molecule has 1 unspecified atom stereocenters. The first-order valence-corrected chi connectivity index (χ1v) is 6.04. The molecule has 1 aromatic heterocycles. The third-order valence-electron chi connectivity index (χ3n) is 2.32. The third kappa shape index (κ3) is 3.53. The molecule has 0 saturated carbocycles. The quantitative estimate of drug-likeness (QED) is 0.638. The Morgan fingerprint density at radius 2 is 2.17 bits per heavy atom. The molecular weight excluding hydrogens is 248 g/mol. The van der Waals surface area contributed by atoms with Gasteiger partial charge in [0.25, 0.3) is 0 Å². The fourth-order valence-corrected chi connectivity index (χ4v) is 1.68. The van der Waals surface area contributed by atoms with Gasteiger partial charge < -0.3 is 15.6 Å². The summed E-state index contributed by atoms with van der Waals surface area (Å²) in [6, 6.07) is 9.00. The lowest BCUT2D eigenvalue weighted by Crippen LogP contribution is -2.31. The molecule has 0 radical (unpaired) electrons. The van der Waals surface area contributed by atoms with Crippen LogP contribution in [-0.4, -0.2) is 22.5 Å². The Bertz CT molecular complexity index is 486. The van der Waals surface area contributed by atoms with Crippen molar-refractivity contribution < 1.29 is 4.79 Å². The van der Waals surface area contributed by atoms with Crippen molar-refractivity contribution in [1.29, 1.82) is 0 Å². The molecule has 0 spiro atoms. The van der Waals surface area contributed by atoms with Crippen LogP contribution in [0.15, 0.2) is 42.7 Å². The fourth-order valence-electron chi connectivity index (χ4n) is 1.44. The van der Waals surface area contributed by atoms with Crippen LogP contribution in [0.1, 0.15) is 11.1 Å². The van der Waals surface area contributed by atoms with Crippen LogP contribution in [0, 0.1) is 0 Å². The zero-order valence-corrected chi connectivity index (χ0v) is 10.5. The van der Waals surface area contributed by atoms with E-state index in [4.69, 9.17) is 0 Å². The predicted molar refractivity (Wildman–Crippen MR) is 73.8 cm³/mol. The lowest BCUT2D eigenvalue weighted by molar-refractivity contribution is 0.252. The molecule has 0 aliphatic rings. The standard InChI is InChI=1S/C12H14N4OS/c17-12(16-9-4-2-1-3-5-9)15-8-10(18)11-13-6-7-14-11/h1-7,10,18H,8H2,(H,13,14)(H2,15,16,17). The number of carbonyl (C=O) groups is 1. The summed E-state index contributed by atoms with van der Waals surface area (Å²) < 4.78 is 0. The van der Waals surface area contributed by atoms with Gasteiger partial charge in [-0.15, -0.1) is 0 Å². The maximum Gasteiger partial charge on any atom is 0.319 e. The number of amides is 2. The summed E-state index contributed by atoms with van der Waals surface area (Å²) in [6.07, 6.45) is 3.38. The minimum Gasteiger partial charge on any atom is -0.348 e. The number of aromatic amines is 1. The molecule has 0 aliphatic heterocycles. The molecule has 5 nitrogen and oxygen atoms in total. The molecule has 1 atom stereocenters. The van der Waals surface area contributed by atoms with Crippen LogP contribution in [0.25, 0.3) is 0 Å². The van der Waals surface area contributed by atoms with E-state index in [1.165, 1.54) is 0 Å². The van der Waals surface area contributed by atoms with Crippen molar-refractivity contribution in [3.8, 4) is 0 Å². The maximum atomic E-state index is 11.6. The highest BCUT2D eigenvalue weighted by Crippen LogP contribution is 2.13. The molecule has 6 heteroatoms. The number of urea groups is 1. The van der Waals surface area contributed by atoms with Gasteiger partial charge >= 0.3 is 6.03 Å². The SMILES string of the molecule is O=C(NCC(S)c1ncc[nH]1)Nc1ccccc1. The zero-order valence-electron chi connectivity index (χ0n) is 9.63. The second-order valence-corrected chi connectivity index (χ2v) is 4.31. The van der Waals surface area contributed by atoms with Crippen LogP contribution in [0.5, 0.6) is 0 Å². The molecule has 2 amide bonds. The van der Waals surface area contributed by atoms with Crippen molar-refractivity contribution in [2.75, 3.05) is 11.9 Å². The number of nitrogens with one attached hydrogen (secondary N) is 3. The van der Waals surface area contributed by atoms with Crippen LogP contribution in [0.4, 0.5) is 10.5 Å². The highest BCUT2D eigenvalue weighted by molar-refractivity contribution is 7.80. The number of benzene rings is 1. The van der Waals surface area contributed by atoms with Gasteiger partial charge in [-0.2, -0.15) is 12.6 Å². The highest BCUT2D eigenvalue weighted by Gasteiger charge is 2.10. The Hall–Kier alpha value is -1.95. The number of H-pyrrole nitrogens is 1. The van der Waals surface area contributed by atoms with Crippen molar-refractivity contribution in [2.45, 2.75) is 5.25 Å². The number of nitrogens with zero attached hydrogens (tertiary/aromatic N) is 1. The lowest BCUT2D eigenvalue weighted by atomic mass is 10.3. The number of hydrogen-bond donors (Lipinski definition) is 4. The average molecular weight is 262 g/mol. The molecule has 94 valence electrons. The molecule has 0 saturated heterocycles. The highest BCUT2D eigenvalue weighted by atomic mass is 32.1. The molecule has 1 aromatic carbocycles. The number of aromatic nitrogens is 2. The Morgan fingerprint density at radius 3 is 2.83 bits per heavy atom. The first kappa shape index (κ1) is 12.5. The van der Waals surface area contributed by atoms with E-state index in [9.17, 15) is 4.79 Å². The molecule has 3 N–H and O–H groups in total. The zero-order chi connectivity index (χ0) is 12.8. The summed E-state index contributed by atoms with van der Waals surface area (Å²) in [6.45, 7) is 0.398. The Kier molecular flexibility index (Phi) is 4.25. The Labute approximate surface area is 110 Å². The Morgan fingerprint density at radius 1 is 1.39 bits per heavy atom. The summed E-state index contributed by atoms with van der Waals surface area (Å²) in [5.74, 6) is 0.735. The van der Waals surface area contributed by atoms with Gasteiger partial charge in [-0.25, -0.2) is 9.78 Å². The van der Waals surface area contributed by atoms with Crippen molar-refractivity contribution in [2.24, 2.45) is 0 Å². The van der Waals surface area contributed by atoms with E-state index in [1.807, 2.05) is 30.3 Å².